The Morgan fingerprint density at radius 2 is 2.19 bits per heavy atom. The molecule has 2 rings (SSSR count). The standard InChI is InChI=1S/C13H17N2.W/c1-15-8-4-5-11(10-15)9-12-6-2-3-7-13(12)14;/h2-3,6-7,11,14H,4-5,8,10H2,1H3;/q-1;. The van der Waals surface area contributed by atoms with Crippen molar-refractivity contribution in [1.82, 2.24) is 4.90 Å². The van der Waals surface area contributed by atoms with Gasteiger partial charge in [-0.3, -0.25) is 0 Å². The van der Waals surface area contributed by atoms with Crippen LogP contribution in [-0.4, -0.2) is 28.9 Å². The molecule has 0 aromatic heterocycles. The summed E-state index contributed by atoms with van der Waals surface area (Å²) in [5, 5.41) is 0. The van der Waals surface area contributed by atoms with Gasteiger partial charge in [0.25, 0.3) is 0 Å². The summed E-state index contributed by atoms with van der Waals surface area (Å²) in [5.74, 6) is 0.667. The topological polar surface area (TPSA) is 27.0 Å². The zero-order chi connectivity index (χ0) is 11.5. The maximum absolute atomic E-state index is 7.95. The molecule has 0 bridgehead atoms. The van der Waals surface area contributed by atoms with Gasteiger partial charge in [-0.1, -0.05) is 0 Å². The summed E-state index contributed by atoms with van der Waals surface area (Å²) in [6, 6.07) is 7.98. The monoisotopic (exact) mass is 385 g/mol. The quantitative estimate of drug-likeness (QED) is 0.770. The predicted octanol–water partition coefficient (Wildman–Crippen LogP) is 2.78. The van der Waals surface area contributed by atoms with Crippen molar-refractivity contribution in [1.29, 1.82) is 0 Å². The number of piperidine rings is 1. The first-order valence-electron chi connectivity index (χ1n) is 5.72. The molecule has 1 unspecified atom stereocenters. The van der Waals surface area contributed by atoms with Crippen LogP contribution < -0.4 is 0 Å². The van der Waals surface area contributed by atoms with E-state index in [2.05, 4.69) is 18.0 Å². The van der Waals surface area contributed by atoms with Gasteiger partial charge in [0.15, 0.2) is 0 Å². The van der Waals surface area contributed by atoms with E-state index in [9.17, 15) is 0 Å². The molecule has 1 heterocycles. The van der Waals surface area contributed by atoms with Crippen LogP contribution in [0.2, 0.25) is 0 Å². The molecular weight excluding hydrogens is 368 g/mol. The fraction of sp³-hybridized carbons (Fsp3) is 0.462. The van der Waals surface area contributed by atoms with Crippen LogP contribution in [0, 0.1) is 5.92 Å². The van der Waals surface area contributed by atoms with Crippen LogP contribution in [0.25, 0.3) is 5.73 Å². The summed E-state index contributed by atoms with van der Waals surface area (Å²) in [6.07, 6.45) is 2.58. The second-order valence-corrected chi connectivity index (χ2v) is 6.09. The fourth-order valence-electron chi connectivity index (χ4n) is 2.30. The van der Waals surface area contributed by atoms with E-state index in [-0.39, 0.29) is 0 Å². The Bertz CT molecular complexity index is 389. The summed E-state index contributed by atoms with van der Waals surface area (Å²) in [6.45, 7) is 2.38. The van der Waals surface area contributed by atoms with Gasteiger partial charge in [0.05, 0.1) is 0 Å². The molecule has 1 aromatic rings. The summed E-state index contributed by atoms with van der Waals surface area (Å²) >= 11 is 1.52. The second kappa shape index (κ2) is 5.25. The molecule has 16 heavy (non-hydrogen) atoms. The van der Waals surface area contributed by atoms with Gasteiger partial charge in [-0.15, -0.1) is 0 Å². The number of rotatable bonds is 2. The van der Waals surface area contributed by atoms with E-state index in [0.717, 1.165) is 12.1 Å². The Balaban J connectivity index is 2.16. The van der Waals surface area contributed by atoms with Crippen molar-refractivity contribution in [3.05, 3.63) is 35.6 Å². The van der Waals surface area contributed by atoms with Crippen molar-refractivity contribution in [3.63, 3.8) is 0 Å². The number of benzene rings is 1. The van der Waals surface area contributed by atoms with Gasteiger partial charge < -0.3 is 0 Å². The van der Waals surface area contributed by atoms with Gasteiger partial charge in [0, 0.05) is 0 Å². The third kappa shape index (κ3) is 2.61. The molecule has 0 aliphatic carbocycles. The average molecular weight is 385 g/mol. The molecule has 0 amide bonds. The Labute approximate surface area is 108 Å². The van der Waals surface area contributed by atoms with E-state index in [1.165, 1.54) is 42.6 Å². The van der Waals surface area contributed by atoms with Gasteiger partial charge in [0.2, 0.25) is 0 Å². The van der Waals surface area contributed by atoms with Crippen LogP contribution >= 0.6 is 0 Å². The van der Waals surface area contributed by atoms with Crippen LogP contribution in [0.15, 0.2) is 24.3 Å². The molecule has 1 fully saturated rings. The Morgan fingerprint density at radius 1 is 1.44 bits per heavy atom. The van der Waals surface area contributed by atoms with Crippen molar-refractivity contribution >= 4 is 9.59 Å². The fourth-order valence-corrected chi connectivity index (χ4v) is 3.63. The van der Waals surface area contributed by atoms with Crippen molar-refractivity contribution < 1.29 is 19.4 Å². The molecule has 86 valence electrons. The predicted molar refractivity (Wildman–Crippen MR) is 64.8 cm³/mol. The minimum absolute atomic E-state index is 0.667. The maximum atomic E-state index is 7.95. The zero-order valence-corrected chi connectivity index (χ0v) is 12.5. The second-order valence-electron chi connectivity index (χ2n) is 4.51. The summed E-state index contributed by atoms with van der Waals surface area (Å²) in [4.78, 5) is 2.41. The van der Waals surface area contributed by atoms with E-state index in [4.69, 9.17) is 5.73 Å². The molecule has 2 nitrogen and oxygen atoms in total. The van der Waals surface area contributed by atoms with E-state index >= 15 is 0 Å². The first-order chi connectivity index (χ1) is 7.68. The molecule has 1 aliphatic rings. The molecule has 0 saturated carbocycles. The average Bonchev–Trinajstić information content (AvgIpc) is 2.29. The minimum atomic E-state index is 0.667. The van der Waals surface area contributed by atoms with Gasteiger partial charge >= 0.3 is 108 Å². The van der Waals surface area contributed by atoms with Crippen LogP contribution in [-0.2, 0) is 19.4 Å². The number of nitrogens with one attached hydrogen (secondary N) is 1. The molecule has 0 spiro atoms. The molecule has 1 saturated heterocycles. The first kappa shape index (κ1) is 12.0. The van der Waals surface area contributed by atoms with Crippen molar-refractivity contribution in [2.75, 3.05) is 20.1 Å². The Kier molecular flexibility index (Phi) is 3.94. The van der Waals surface area contributed by atoms with E-state index < -0.39 is 0 Å². The van der Waals surface area contributed by atoms with Gasteiger partial charge in [-0.25, -0.2) is 0 Å². The van der Waals surface area contributed by atoms with Crippen molar-refractivity contribution in [3.8, 4) is 0 Å². The van der Waals surface area contributed by atoms with Gasteiger partial charge in [-0.05, 0) is 0 Å². The summed E-state index contributed by atoms with van der Waals surface area (Å²) in [7, 11) is 2.20. The molecule has 1 aliphatic heterocycles. The van der Waals surface area contributed by atoms with Crippen LogP contribution in [0.1, 0.15) is 18.4 Å². The third-order valence-electron chi connectivity index (χ3n) is 3.19. The van der Waals surface area contributed by atoms with Crippen molar-refractivity contribution in [2.24, 2.45) is 5.92 Å². The number of hydrogen-bond donors (Lipinski definition) is 0. The van der Waals surface area contributed by atoms with E-state index in [0.29, 0.717) is 11.6 Å². The van der Waals surface area contributed by atoms with Crippen LogP contribution in [0.5, 0.6) is 0 Å². The van der Waals surface area contributed by atoms with Gasteiger partial charge in [-0.2, -0.15) is 0 Å². The normalized spacial score (nSPS) is 21.9. The van der Waals surface area contributed by atoms with Crippen molar-refractivity contribution in [2.45, 2.75) is 12.8 Å². The summed E-state index contributed by atoms with van der Waals surface area (Å²) < 4.78 is 1.47. The first-order valence-corrected chi connectivity index (χ1v) is 7.18. The SMILES string of the molecule is CN1CCCC([C](=[W])c2ccccc2[NH-])C1. The molecular formula is C13H17N2W-. The number of hydrogen-bond acceptors (Lipinski definition) is 1. The number of likely N-dealkylation sites (tertiary alicyclic amines) is 1. The number of nitrogens with zero attached hydrogens (tertiary/aromatic N) is 1. The summed E-state index contributed by atoms with van der Waals surface area (Å²) in [5.41, 5.74) is 9.79. The third-order valence-corrected chi connectivity index (χ3v) is 5.18. The molecule has 1 N–H and O–H groups in total. The molecule has 1 atom stereocenters. The Morgan fingerprint density at radius 3 is 2.88 bits per heavy atom. The Hall–Kier alpha value is -0.462. The van der Waals surface area contributed by atoms with Gasteiger partial charge in [0.1, 0.15) is 0 Å². The molecule has 0 radical (unpaired) electrons. The zero-order valence-electron chi connectivity index (χ0n) is 9.57. The van der Waals surface area contributed by atoms with Crippen LogP contribution in [0.3, 0.4) is 0 Å². The van der Waals surface area contributed by atoms with E-state index in [1.54, 1.807) is 0 Å². The molecule has 1 aromatic carbocycles. The van der Waals surface area contributed by atoms with Crippen LogP contribution in [0.4, 0.5) is 5.69 Å². The van der Waals surface area contributed by atoms with E-state index in [1.807, 2.05) is 18.2 Å². The molecule has 3 heteroatoms.